The molecule has 18 rings (SSSR count). The van der Waals surface area contributed by atoms with E-state index in [1.165, 1.54) is 80.2 Å². The molecule has 0 aliphatic carbocycles. The van der Waals surface area contributed by atoms with Crippen LogP contribution in [0.25, 0.3) is 22.3 Å². The lowest BCUT2D eigenvalue weighted by molar-refractivity contribution is 0.641. The van der Waals surface area contributed by atoms with Gasteiger partial charge in [0.2, 0.25) is 0 Å². The van der Waals surface area contributed by atoms with Gasteiger partial charge in [0.05, 0.1) is 0 Å². The second kappa shape index (κ2) is 58.6. The van der Waals surface area contributed by atoms with Crippen molar-refractivity contribution in [2.24, 2.45) is 5.73 Å². The van der Waals surface area contributed by atoms with Gasteiger partial charge in [-0.3, -0.25) is 0 Å². The number of rotatable bonds is 22. The summed E-state index contributed by atoms with van der Waals surface area (Å²) in [6, 6.07) is 168. The monoisotopic (exact) mass is 1870 g/mol. The highest BCUT2D eigenvalue weighted by molar-refractivity contribution is 6.31. The van der Waals surface area contributed by atoms with Gasteiger partial charge in [0.25, 0.3) is 0 Å². The van der Waals surface area contributed by atoms with Crippen molar-refractivity contribution < 1.29 is 2.85 Å². The van der Waals surface area contributed by atoms with Crippen LogP contribution in [0, 0.1) is 41.5 Å². The minimum atomic E-state index is -0.161. The number of benzene rings is 18. The zero-order chi connectivity index (χ0) is 95.9. The first-order valence-electron chi connectivity index (χ1n) is 47.8. The minimum Gasteiger partial charge on any atom is -0.333 e. The van der Waals surface area contributed by atoms with Crippen LogP contribution in [0.4, 0.5) is 102 Å². The molecule has 0 heterocycles. The molecule has 9 heteroatoms. The molecule has 0 aliphatic rings. The van der Waals surface area contributed by atoms with Crippen LogP contribution in [-0.2, 0) is 5.41 Å². The van der Waals surface area contributed by atoms with Gasteiger partial charge in [0, 0.05) is 129 Å². The third-order valence-electron chi connectivity index (χ3n) is 22.7. The van der Waals surface area contributed by atoms with E-state index in [9.17, 15) is 0 Å². The van der Waals surface area contributed by atoms with E-state index in [4.69, 9.17) is 0 Å². The number of hydrogen-bond donors (Lipinski definition) is 1. The molecule has 0 spiro atoms. The van der Waals surface area contributed by atoms with Gasteiger partial charge in [-0.15, -0.1) is 0 Å². The van der Waals surface area contributed by atoms with Gasteiger partial charge in [0.15, 0.2) is 0 Å². The summed E-state index contributed by atoms with van der Waals surface area (Å²) in [5, 5.41) is 0. The Labute approximate surface area is 851 Å². The molecule has 7 nitrogen and oxygen atoms in total. The summed E-state index contributed by atoms with van der Waals surface area (Å²) < 4.78 is 0. The van der Waals surface area contributed by atoms with E-state index in [2.05, 4.69) is 591 Å². The Morgan fingerprint density at radius 3 is 0.536 bits per heavy atom. The van der Waals surface area contributed by atoms with Gasteiger partial charge in [-0.05, 0) is 334 Å². The van der Waals surface area contributed by atoms with Gasteiger partial charge in [-0.2, -0.15) is 0 Å². The van der Waals surface area contributed by atoms with Crippen molar-refractivity contribution in [2.75, 3.05) is 36.4 Å². The molecular weight excluding hydrogens is 1710 g/mol. The molecule has 0 saturated heterocycles. The van der Waals surface area contributed by atoms with Crippen LogP contribution in [0.3, 0.4) is 0 Å². The van der Waals surface area contributed by atoms with Crippen LogP contribution in [0.1, 0.15) is 139 Å². The summed E-state index contributed by atoms with van der Waals surface area (Å²) in [5.74, 6) is 0. The molecule has 0 saturated carbocycles. The summed E-state index contributed by atoms with van der Waals surface area (Å²) in [4.78, 5) is 13.9. The zero-order valence-corrected chi connectivity index (χ0v) is 84.2. The smallest absolute Gasteiger partial charge is 0.0464 e. The van der Waals surface area contributed by atoms with E-state index in [1.54, 1.807) is 0 Å². The van der Waals surface area contributed by atoms with Gasteiger partial charge in [0.1, 0.15) is 0 Å². The molecule has 18 aromatic carbocycles. The molecule has 140 heavy (non-hydrogen) atoms. The molecule has 721 valence electrons. The van der Waals surface area contributed by atoms with Gasteiger partial charge >= 0.3 is 0 Å². The highest BCUT2D eigenvalue weighted by Gasteiger charge is 2.26. The molecule has 0 aliphatic heterocycles. The molecule has 3 radical (unpaired) electrons. The van der Waals surface area contributed by atoms with E-state index in [-0.39, 0.29) is 46.4 Å². The van der Waals surface area contributed by atoms with Crippen molar-refractivity contribution >= 4 is 120 Å². The maximum atomic E-state index is 4.50. The quantitative estimate of drug-likeness (QED) is 0.0679. The van der Waals surface area contributed by atoms with Crippen molar-refractivity contribution in [3.05, 3.63) is 518 Å². The summed E-state index contributed by atoms with van der Waals surface area (Å²) >= 11 is 0. The predicted octanol–water partition coefficient (Wildman–Crippen LogP) is 39.3. The first kappa shape index (κ1) is 114. The van der Waals surface area contributed by atoms with Crippen molar-refractivity contribution in [3.8, 4) is 22.3 Å². The summed E-state index contributed by atoms with van der Waals surface area (Å²) in [5.41, 5.74) is 39.8. The van der Waals surface area contributed by atoms with Crippen LogP contribution < -0.4 is 35.1 Å². The van der Waals surface area contributed by atoms with E-state index in [0.717, 1.165) is 102 Å². The maximum Gasteiger partial charge on any atom is 0.0464 e. The number of para-hydroxylation sites is 8. The Hall–Kier alpha value is -15.0. The molecule has 2 N–H and O–H groups in total. The van der Waals surface area contributed by atoms with Gasteiger partial charge < -0.3 is 35.1 Å². The Balaban J connectivity index is 0.000000411. The van der Waals surface area contributed by atoms with Crippen molar-refractivity contribution in [1.29, 1.82) is 0 Å². The minimum absolute atomic E-state index is 0. The average Bonchev–Trinajstić information content (AvgIpc) is 0.798. The van der Waals surface area contributed by atoms with E-state index in [1.807, 2.05) is 27.7 Å². The lowest BCUT2D eigenvalue weighted by Gasteiger charge is -2.30. The molecule has 0 unspecified atom stereocenters. The average molecular weight is 1870 g/mol. The fourth-order valence-electron chi connectivity index (χ4n) is 16.4. The SMILES string of the molecule is C.C.C.C.CC.CC.CC(C)(c1ccc(N(c2ccccc2)c2ccccc2)cc1)c1ccc(N(c2ccccc2)c2ccccc2)cc1.CCC.CN.C[SiH2]C.Cc1cccc(N(c2ccccc2)c2ccc(-c3ccc(N(c4ccccc4)c4cccc(C)c4)cc3)cc2)c1.Cc1cccc(N(c2ccccc2)c2ccc(-c3ccc(N(c4ccccc4)c4cccc(C)c4)cc3C)c(C)c2)c1.[2HH].[2HH].[B]. The zero-order valence-electron chi connectivity index (χ0n) is 82.8. The van der Waals surface area contributed by atoms with E-state index < -0.39 is 0 Å². The number of anilines is 18. The largest absolute Gasteiger partial charge is 0.333 e. The number of nitrogens with zero attached hydrogens (tertiary/aromatic N) is 6. The van der Waals surface area contributed by atoms with Crippen LogP contribution in [-0.4, -0.2) is 25.0 Å². The van der Waals surface area contributed by atoms with Crippen LogP contribution >= 0.6 is 0 Å². The van der Waals surface area contributed by atoms with Crippen molar-refractivity contribution in [3.63, 3.8) is 0 Å². The van der Waals surface area contributed by atoms with Crippen LogP contribution in [0.2, 0.25) is 13.1 Å². The molecule has 0 aromatic heterocycles. The summed E-state index contributed by atoms with van der Waals surface area (Å²) in [6.45, 7) is 34.4. The molecule has 0 bridgehead atoms. The molecule has 0 amide bonds. The van der Waals surface area contributed by atoms with E-state index in [0.29, 0.717) is 9.52 Å². The van der Waals surface area contributed by atoms with Crippen molar-refractivity contribution in [2.45, 2.75) is 152 Å². The standard InChI is InChI=1S/C40H36N2.C39H34N2.C38H32N2.C3H8.C2H8Si.2C2H6.CH5N.4CH4.B.2H2/c1-29-13-11-19-35(25-29)41(33-15-7-5-8-16-33)37-21-23-39(31(3)27-37)40-24-22-38(28-32(40)4)42(34-17-9-6-10-18-34)36-20-12-14-30(2)26-36;1-39(2,31-23-27-37(28-24-31)40(33-15-7-3-8-16-33)34-17-9-4-10-18-34)32-25-29-38(30-26-32)41(35-19-11-5-12-20-35)36-21-13-6-14-22-36;1-29-11-9-17-37(27-29)39(33-13-5-3-6-14-33)35-23-19-31(20-24-35)32-21-25-36(26-22-32)40(34-15-7-4-8-16-34)38-18-10-12-30(2)28-38;2*1-3-2;3*1-2;;;;;;;/h5-28H,1-4H3;3-30H,1-2H3;3-28H,1-2H3;2*3H2,1-2H3;2*1-2H3;2H2,1H3;4*1H4;;2*1H/i;;;;;;;;;;;;;2*1+1. The van der Waals surface area contributed by atoms with Gasteiger partial charge in [-0.25, -0.2) is 0 Å². The topological polar surface area (TPSA) is 45.5 Å². The first-order valence-corrected chi connectivity index (χ1v) is 50.6. The Morgan fingerprint density at radius 2 is 0.357 bits per heavy atom. The molecule has 0 atom stereocenters. The van der Waals surface area contributed by atoms with Crippen LogP contribution in [0.15, 0.2) is 473 Å². The number of nitrogens with two attached hydrogens (primary N) is 1. The van der Waals surface area contributed by atoms with Crippen LogP contribution in [0.5, 0.6) is 0 Å². The van der Waals surface area contributed by atoms with E-state index >= 15 is 0 Å². The molecule has 18 aromatic rings. The normalized spacial score (nSPS) is 9.99. The Kier molecular flexibility index (Phi) is 47.6. The predicted molar refractivity (Wildman–Crippen MR) is 631 cm³/mol. The maximum absolute atomic E-state index is 4.50. The Morgan fingerprint density at radius 1 is 0.214 bits per heavy atom. The second-order valence-corrected chi connectivity index (χ2v) is 34.7. The summed E-state index contributed by atoms with van der Waals surface area (Å²) in [6.07, 6.45) is 1.25. The highest BCUT2D eigenvalue weighted by Crippen LogP contribution is 2.46. The fourth-order valence-corrected chi connectivity index (χ4v) is 16.4. The lowest BCUT2D eigenvalue weighted by Crippen LogP contribution is -2.19. The third kappa shape index (κ3) is 30.0. The number of hydrogen-bond acceptors (Lipinski definition) is 7. The van der Waals surface area contributed by atoms with Gasteiger partial charge in [-0.1, -0.05) is 359 Å². The molecular formula is C131H155BN7Si. The van der Waals surface area contributed by atoms with Crippen molar-refractivity contribution in [1.82, 2.24) is 0 Å². The lowest BCUT2D eigenvalue weighted by atomic mass is 9.78. The third-order valence-corrected chi connectivity index (χ3v) is 22.7. The highest BCUT2D eigenvalue weighted by atomic mass is 28.2. The first-order chi connectivity index (χ1) is 66.1. The Bertz CT molecular complexity index is 6030. The second-order valence-electron chi connectivity index (χ2n) is 33.3. The number of aryl methyl sites for hydroxylation is 6. The summed E-state index contributed by atoms with van der Waals surface area (Å²) in [7, 11) is 1.92. The fraction of sp³-hybridized carbons (Fsp3) is 0.176. The molecule has 0 fully saturated rings.